The van der Waals surface area contributed by atoms with Gasteiger partial charge in [-0.2, -0.15) is 11.8 Å². The van der Waals surface area contributed by atoms with Crippen molar-refractivity contribution in [3.05, 3.63) is 106 Å². The van der Waals surface area contributed by atoms with Crippen molar-refractivity contribution in [1.82, 2.24) is 10.3 Å². The van der Waals surface area contributed by atoms with Crippen LogP contribution in [0.5, 0.6) is 0 Å². The fourth-order valence-corrected chi connectivity index (χ4v) is 6.15. The van der Waals surface area contributed by atoms with Gasteiger partial charge in [-0.15, -0.1) is 11.3 Å². The highest BCUT2D eigenvalue weighted by atomic mass is 32.2. The van der Waals surface area contributed by atoms with Crippen molar-refractivity contribution in [3.63, 3.8) is 0 Å². The average Bonchev–Trinajstić information content (AvgIpc) is 3.51. The smallest absolute Gasteiger partial charge is 0.326 e. The molecule has 1 amide bonds. The van der Waals surface area contributed by atoms with E-state index < -0.39 is 12.0 Å². The summed E-state index contributed by atoms with van der Waals surface area (Å²) in [4.78, 5) is 33.3. The van der Waals surface area contributed by atoms with Crippen molar-refractivity contribution in [2.45, 2.75) is 58.7 Å². The van der Waals surface area contributed by atoms with E-state index in [1.54, 1.807) is 23.1 Å². The standard InChI is InChI=1S/C34H39N3O3S2/c1-4-5-11-26-12-7-9-14-32(26)37(22-27-20-35-23-42-27)21-25-15-16-29(30(19-25)28-13-8-6-10-24(28)2)33(38)36-31(34(39)40)17-18-41-3/h6-10,12-16,19-20,23,31H,4-5,11,17-18,21-22H2,1-3H3,(H,36,38)(H,39,40). The number of aryl methyl sites for hydroxylation is 2. The molecular formula is C34H39N3O3S2. The van der Waals surface area contributed by atoms with Gasteiger partial charge in [-0.1, -0.05) is 61.9 Å². The van der Waals surface area contributed by atoms with Crippen LogP contribution in [0.25, 0.3) is 11.1 Å². The van der Waals surface area contributed by atoms with Crippen molar-refractivity contribution < 1.29 is 14.7 Å². The molecule has 220 valence electrons. The third-order valence-corrected chi connectivity index (χ3v) is 8.72. The van der Waals surface area contributed by atoms with Crippen LogP contribution in [-0.4, -0.2) is 40.0 Å². The number of hydrogen-bond donors (Lipinski definition) is 2. The van der Waals surface area contributed by atoms with Gasteiger partial charge in [0.1, 0.15) is 6.04 Å². The Labute approximate surface area is 257 Å². The summed E-state index contributed by atoms with van der Waals surface area (Å²) < 4.78 is 0. The lowest BCUT2D eigenvalue weighted by Gasteiger charge is -2.27. The molecule has 0 spiro atoms. The van der Waals surface area contributed by atoms with Gasteiger partial charge in [-0.3, -0.25) is 9.78 Å². The summed E-state index contributed by atoms with van der Waals surface area (Å²) in [6, 6.07) is 21.6. The predicted octanol–water partition coefficient (Wildman–Crippen LogP) is 7.60. The number of hydrogen-bond acceptors (Lipinski definition) is 6. The highest BCUT2D eigenvalue weighted by Gasteiger charge is 2.23. The quantitative estimate of drug-likeness (QED) is 0.146. The number of carboxylic acids is 1. The molecule has 0 aliphatic heterocycles. The summed E-state index contributed by atoms with van der Waals surface area (Å²) in [7, 11) is 0. The summed E-state index contributed by atoms with van der Waals surface area (Å²) in [6.07, 6.45) is 7.49. The number of rotatable bonds is 15. The van der Waals surface area contributed by atoms with Crippen LogP contribution in [0.1, 0.15) is 58.1 Å². The number of thiazole rings is 1. The molecule has 1 atom stereocenters. The van der Waals surface area contributed by atoms with Crippen molar-refractivity contribution in [1.29, 1.82) is 0 Å². The molecule has 3 aromatic carbocycles. The Balaban J connectivity index is 1.73. The fraction of sp³-hybridized carbons (Fsp3) is 0.324. The molecule has 0 radical (unpaired) electrons. The number of benzene rings is 3. The van der Waals surface area contributed by atoms with Gasteiger partial charge in [0.05, 0.1) is 12.1 Å². The lowest BCUT2D eigenvalue weighted by molar-refractivity contribution is -0.139. The van der Waals surface area contributed by atoms with Crippen molar-refractivity contribution in [2.75, 3.05) is 16.9 Å². The van der Waals surface area contributed by atoms with E-state index in [1.165, 1.54) is 16.1 Å². The molecule has 0 saturated heterocycles. The summed E-state index contributed by atoms with van der Waals surface area (Å²) in [5, 5.41) is 12.5. The second-order valence-electron chi connectivity index (χ2n) is 10.4. The normalized spacial score (nSPS) is 11.7. The maximum Gasteiger partial charge on any atom is 0.326 e. The molecule has 4 aromatic rings. The number of nitrogens with zero attached hydrogens (tertiary/aromatic N) is 2. The molecule has 2 N–H and O–H groups in total. The Hall–Kier alpha value is -3.62. The number of thioether (sulfide) groups is 1. The van der Waals surface area contributed by atoms with Gasteiger partial charge in [0.15, 0.2) is 0 Å². The third kappa shape index (κ3) is 8.23. The molecule has 8 heteroatoms. The second-order valence-corrected chi connectivity index (χ2v) is 12.4. The lowest BCUT2D eigenvalue weighted by Crippen LogP contribution is -2.41. The molecule has 42 heavy (non-hydrogen) atoms. The molecule has 0 saturated carbocycles. The third-order valence-electron chi connectivity index (χ3n) is 7.31. The summed E-state index contributed by atoms with van der Waals surface area (Å²) in [5.74, 6) is -0.748. The fourth-order valence-electron chi connectivity index (χ4n) is 5.07. The molecule has 1 aromatic heterocycles. The molecule has 0 bridgehead atoms. The number of aliphatic carboxylic acids is 1. The molecule has 6 nitrogen and oxygen atoms in total. The van der Waals surface area contributed by atoms with E-state index >= 15 is 0 Å². The summed E-state index contributed by atoms with van der Waals surface area (Å²) in [6.45, 7) is 5.62. The van der Waals surface area contributed by atoms with Crippen LogP contribution in [-0.2, 0) is 24.3 Å². The Morgan fingerprint density at radius 3 is 2.55 bits per heavy atom. The Bertz CT molecular complexity index is 1470. The van der Waals surface area contributed by atoms with E-state index in [2.05, 4.69) is 52.5 Å². The first kappa shape index (κ1) is 31.3. The SMILES string of the molecule is CCCCc1ccccc1N(Cc1ccc(C(=O)NC(CCSC)C(=O)O)c(-c2ccccc2C)c1)Cc1cncs1. The molecule has 0 aliphatic rings. The van der Waals surface area contributed by atoms with Gasteiger partial charge in [0.2, 0.25) is 0 Å². The molecule has 1 unspecified atom stereocenters. The monoisotopic (exact) mass is 601 g/mol. The molecule has 0 fully saturated rings. The van der Waals surface area contributed by atoms with Crippen LogP contribution < -0.4 is 10.2 Å². The zero-order valence-corrected chi connectivity index (χ0v) is 26.1. The highest BCUT2D eigenvalue weighted by Crippen LogP contribution is 2.31. The second kappa shape index (κ2) is 15.6. The number of amides is 1. The van der Waals surface area contributed by atoms with Crippen LogP contribution >= 0.6 is 23.1 Å². The Kier molecular flexibility index (Phi) is 11.6. The number of carboxylic acid groups (broad SMARTS) is 1. The Morgan fingerprint density at radius 1 is 1.05 bits per heavy atom. The van der Waals surface area contributed by atoms with Gasteiger partial charge in [0, 0.05) is 28.9 Å². The van der Waals surface area contributed by atoms with Crippen LogP contribution in [0.15, 0.2) is 78.4 Å². The largest absolute Gasteiger partial charge is 0.480 e. The van der Waals surface area contributed by atoms with E-state index in [1.807, 2.05) is 61.3 Å². The first-order valence-corrected chi connectivity index (χ1v) is 16.6. The minimum Gasteiger partial charge on any atom is -0.480 e. The number of unbranched alkanes of at least 4 members (excludes halogenated alkanes) is 1. The van der Waals surface area contributed by atoms with E-state index in [-0.39, 0.29) is 5.91 Å². The minimum atomic E-state index is -1.02. The van der Waals surface area contributed by atoms with Crippen LogP contribution in [0.4, 0.5) is 5.69 Å². The number of carbonyl (C=O) groups excluding carboxylic acids is 1. The first-order valence-electron chi connectivity index (χ1n) is 14.3. The van der Waals surface area contributed by atoms with Crippen molar-refractivity contribution >= 4 is 40.7 Å². The Morgan fingerprint density at radius 2 is 1.83 bits per heavy atom. The van der Waals surface area contributed by atoms with E-state index in [9.17, 15) is 14.7 Å². The zero-order chi connectivity index (χ0) is 29.9. The molecular weight excluding hydrogens is 563 g/mol. The molecule has 0 aliphatic carbocycles. The van der Waals surface area contributed by atoms with Crippen LogP contribution in [0.3, 0.4) is 0 Å². The van der Waals surface area contributed by atoms with Gasteiger partial charge in [0.25, 0.3) is 5.91 Å². The van der Waals surface area contributed by atoms with Gasteiger partial charge >= 0.3 is 5.97 Å². The maximum atomic E-state index is 13.5. The number of anilines is 1. The molecule has 4 rings (SSSR count). The van der Waals surface area contributed by atoms with Gasteiger partial charge in [-0.25, -0.2) is 4.79 Å². The van der Waals surface area contributed by atoms with Crippen LogP contribution in [0.2, 0.25) is 0 Å². The lowest BCUT2D eigenvalue weighted by atomic mass is 9.93. The number of nitrogens with one attached hydrogen (secondary N) is 1. The molecule has 1 heterocycles. The summed E-state index contributed by atoms with van der Waals surface area (Å²) in [5.41, 5.74) is 8.74. The number of aromatic nitrogens is 1. The topological polar surface area (TPSA) is 82.5 Å². The number of carbonyl (C=O) groups is 2. The van der Waals surface area contributed by atoms with E-state index in [0.717, 1.165) is 48.1 Å². The maximum absolute atomic E-state index is 13.5. The van der Waals surface area contributed by atoms with Crippen LogP contribution in [0, 0.1) is 6.92 Å². The van der Waals surface area contributed by atoms with E-state index in [0.29, 0.717) is 24.3 Å². The average molecular weight is 602 g/mol. The predicted molar refractivity (Wildman–Crippen MR) is 176 cm³/mol. The first-order chi connectivity index (χ1) is 20.4. The van der Waals surface area contributed by atoms with Gasteiger partial charge in [-0.05, 0) is 84.2 Å². The van der Waals surface area contributed by atoms with Crippen molar-refractivity contribution in [2.24, 2.45) is 0 Å². The van der Waals surface area contributed by atoms with Gasteiger partial charge < -0.3 is 15.3 Å². The van der Waals surface area contributed by atoms with E-state index in [4.69, 9.17) is 0 Å². The minimum absolute atomic E-state index is 0.365. The highest BCUT2D eigenvalue weighted by molar-refractivity contribution is 7.98. The zero-order valence-electron chi connectivity index (χ0n) is 24.5. The van der Waals surface area contributed by atoms with Crippen molar-refractivity contribution in [3.8, 4) is 11.1 Å². The number of para-hydroxylation sites is 1. The summed E-state index contributed by atoms with van der Waals surface area (Å²) >= 11 is 3.21.